The van der Waals surface area contributed by atoms with Crippen LogP contribution in [0.25, 0.3) is 0 Å². The Morgan fingerprint density at radius 1 is 1.20 bits per heavy atom. The van der Waals surface area contributed by atoms with E-state index in [1.165, 1.54) is 12.1 Å². The molecule has 0 radical (unpaired) electrons. The molecule has 2 rings (SSSR count). The minimum absolute atomic E-state index is 0.170. The molecule has 0 aliphatic carbocycles. The third-order valence-corrected chi connectivity index (χ3v) is 2.96. The van der Waals surface area contributed by atoms with Crippen molar-refractivity contribution in [2.45, 2.75) is 38.3 Å². The molecule has 3 heteroatoms. The second-order valence-corrected chi connectivity index (χ2v) is 4.22. The zero-order valence-electron chi connectivity index (χ0n) is 8.76. The van der Waals surface area contributed by atoms with E-state index in [2.05, 4.69) is 12.2 Å². The number of hydrogen-bond donors (Lipinski definition) is 1. The average Bonchev–Trinajstić information content (AvgIpc) is 2.22. The van der Waals surface area contributed by atoms with Gasteiger partial charge in [0.05, 0.1) is 0 Å². The molecule has 15 heavy (non-hydrogen) atoms. The maximum atomic E-state index is 13.0. The van der Waals surface area contributed by atoms with Crippen molar-refractivity contribution in [1.29, 1.82) is 0 Å². The van der Waals surface area contributed by atoms with Gasteiger partial charge in [0.25, 0.3) is 0 Å². The summed E-state index contributed by atoms with van der Waals surface area (Å²) < 4.78 is 25.8. The van der Waals surface area contributed by atoms with Gasteiger partial charge in [0, 0.05) is 12.1 Å². The second kappa shape index (κ2) is 4.27. The molecule has 1 nitrogen and oxygen atoms in total. The van der Waals surface area contributed by atoms with E-state index in [-0.39, 0.29) is 6.04 Å². The Balaban J connectivity index is 2.18. The number of halogens is 2. The summed E-state index contributed by atoms with van der Waals surface area (Å²) in [6.07, 6.45) is 3.29. The predicted octanol–water partition coefficient (Wildman–Crippen LogP) is 3.17. The first-order chi connectivity index (χ1) is 7.16. The van der Waals surface area contributed by atoms with Gasteiger partial charge in [0.1, 0.15) is 0 Å². The predicted molar refractivity (Wildman–Crippen MR) is 55.5 cm³/mol. The summed E-state index contributed by atoms with van der Waals surface area (Å²) in [6, 6.07) is 4.78. The Labute approximate surface area is 88.5 Å². The van der Waals surface area contributed by atoms with Crippen LogP contribution in [-0.2, 0) is 0 Å². The van der Waals surface area contributed by atoms with E-state index in [0.717, 1.165) is 24.8 Å². The van der Waals surface area contributed by atoms with Crippen LogP contribution in [0.5, 0.6) is 0 Å². The standard InChI is InChI=1S/C12H15F2N/c1-8-3-2-4-12(15-8)9-5-6-10(13)11(14)7-9/h5-8,12,15H,2-4H2,1H3. The van der Waals surface area contributed by atoms with Crippen molar-refractivity contribution in [3.63, 3.8) is 0 Å². The normalized spacial score (nSPS) is 26.6. The third kappa shape index (κ3) is 2.34. The summed E-state index contributed by atoms with van der Waals surface area (Å²) in [5.74, 6) is -1.53. The largest absolute Gasteiger partial charge is 0.307 e. The fraction of sp³-hybridized carbons (Fsp3) is 0.500. The van der Waals surface area contributed by atoms with Crippen LogP contribution in [0, 0.1) is 11.6 Å². The van der Waals surface area contributed by atoms with E-state index >= 15 is 0 Å². The molecular formula is C12H15F2N. The van der Waals surface area contributed by atoms with Gasteiger partial charge in [0.15, 0.2) is 11.6 Å². The van der Waals surface area contributed by atoms with Gasteiger partial charge < -0.3 is 5.32 Å². The fourth-order valence-electron chi connectivity index (χ4n) is 2.13. The molecule has 0 aromatic heterocycles. The van der Waals surface area contributed by atoms with Crippen molar-refractivity contribution in [3.05, 3.63) is 35.4 Å². The van der Waals surface area contributed by atoms with Gasteiger partial charge >= 0.3 is 0 Å². The van der Waals surface area contributed by atoms with Crippen LogP contribution in [0.15, 0.2) is 18.2 Å². The first-order valence-corrected chi connectivity index (χ1v) is 5.38. The highest BCUT2D eigenvalue weighted by molar-refractivity contribution is 5.21. The molecule has 1 N–H and O–H groups in total. The lowest BCUT2D eigenvalue weighted by atomic mass is 9.94. The summed E-state index contributed by atoms with van der Waals surface area (Å²) in [5, 5.41) is 3.39. The van der Waals surface area contributed by atoms with Crippen molar-refractivity contribution in [2.24, 2.45) is 0 Å². The maximum Gasteiger partial charge on any atom is 0.159 e. The van der Waals surface area contributed by atoms with Crippen molar-refractivity contribution in [1.82, 2.24) is 5.32 Å². The Bertz CT molecular complexity index is 351. The van der Waals surface area contributed by atoms with Crippen molar-refractivity contribution < 1.29 is 8.78 Å². The van der Waals surface area contributed by atoms with Gasteiger partial charge in [0.2, 0.25) is 0 Å². The molecule has 1 aliphatic rings. The molecule has 1 saturated heterocycles. The minimum atomic E-state index is -0.775. The van der Waals surface area contributed by atoms with E-state index in [1.807, 2.05) is 0 Å². The van der Waals surface area contributed by atoms with Crippen LogP contribution < -0.4 is 5.32 Å². The molecule has 0 bridgehead atoms. The summed E-state index contributed by atoms with van der Waals surface area (Å²) in [7, 11) is 0. The van der Waals surface area contributed by atoms with Crippen LogP contribution >= 0.6 is 0 Å². The molecule has 2 unspecified atom stereocenters. The highest BCUT2D eigenvalue weighted by Crippen LogP contribution is 2.26. The van der Waals surface area contributed by atoms with Crippen LogP contribution in [0.1, 0.15) is 37.8 Å². The summed E-state index contributed by atoms with van der Waals surface area (Å²) in [6.45, 7) is 2.12. The van der Waals surface area contributed by atoms with Gasteiger partial charge in [-0.05, 0) is 37.5 Å². The van der Waals surface area contributed by atoms with Crippen LogP contribution in [-0.4, -0.2) is 6.04 Å². The van der Waals surface area contributed by atoms with Crippen LogP contribution in [0.3, 0.4) is 0 Å². The first kappa shape index (κ1) is 10.6. The molecule has 0 amide bonds. The van der Waals surface area contributed by atoms with E-state index in [9.17, 15) is 8.78 Å². The Kier molecular flexibility index (Phi) is 3.00. The molecule has 1 aromatic rings. The molecule has 82 valence electrons. The summed E-state index contributed by atoms with van der Waals surface area (Å²) >= 11 is 0. The van der Waals surface area contributed by atoms with E-state index in [1.54, 1.807) is 6.07 Å². The van der Waals surface area contributed by atoms with Crippen LogP contribution in [0.4, 0.5) is 8.78 Å². The third-order valence-electron chi connectivity index (χ3n) is 2.96. The Hall–Kier alpha value is -0.960. The van der Waals surface area contributed by atoms with Crippen molar-refractivity contribution in [2.75, 3.05) is 0 Å². The van der Waals surface area contributed by atoms with Crippen molar-refractivity contribution >= 4 is 0 Å². The van der Waals surface area contributed by atoms with E-state index in [0.29, 0.717) is 6.04 Å². The zero-order chi connectivity index (χ0) is 10.8. The lowest BCUT2D eigenvalue weighted by Crippen LogP contribution is -2.34. The number of rotatable bonds is 1. The number of nitrogens with one attached hydrogen (secondary N) is 1. The molecule has 1 aliphatic heterocycles. The Morgan fingerprint density at radius 2 is 2.00 bits per heavy atom. The van der Waals surface area contributed by atoms with Crippen LogP contribution in [0.2, 0.25) is 0 Å². The second-order valence-electron chi connectivity index (χ2n) is 4.22. The Morgan fingerprint density at radius 3 is 2.67 bits per heavy atom. The summed E-state index contributed by atoms with van der Waals surface area (Å²) in [5.41, 5.74) is 0.848. The zero-order valence-corrected chi connectivity index (χ0v) is 8.76. The molecule has 1 aromatic carbocycles. The first-order valence-electron chi connectivity index (χ1n) is 5.38. The van der Waals surface area contributed by atoms with Crippen molar-refractivity contribution in [3.8, 4) is 0 Å². The monoisotopic (exact) mass is 211 g/mol. The molecular weight excluding hydrogens is 196 g/mol. The number of hydrogen-bond acceptors (Lipinski definition) is 1. The van der Waals surface area contributed by atoms with Gasteiger partial charge in [-0.3, -0.25) is 0 Å². The maximum absolute atomic E-state index is 13.0. The average molecular weight is 211 g/mol. The quantitative estimate of drug-likeness (QED) is 0.752. The van der Waals surface area contributed by atoms with Gasteiger partial charge in [-0.25, -0.2) is 8.78 Å². The summed E-state index contributed by atoms with van der Waals surface area (Å²) in [4.78, 5) is 0. The fourth-order valence-corrected chi connectivity index (χ4v) is 2.13. The molecule has 1 heterocycles. The highest BCUT2D eigenvalue weighted by Gasteiger charge is 2.19. The topological polar surface area (TPSA) is 12.0 Å². The lowest BCUT2D eigenvalue weighted by Gasteiger charge is -2.29. The number of benzene rings is 1. The highest BCUT2D eigenvalue weighted by atomic mass is 19.2. The van der Waals surface area contributed by atoms with E-state index in [4.69, 9.17) is 0 Å². The molecule has 2 atom stereocenters. The smallest absolute Gasteiger partial charge is 0.159 e. The van der Waals surface area contributed by atoms with Gasteiger partial charge in [-0.1, -0.05) is 12.5 Å². The molecule has 0 spiro atoms. The molecule has 1 fully saturated rings. The SMILES string of the molecule is CC1CCCC(c2ccc(F)c(F)c2)N1. The van der Waals surface area contributed by atoms with E-state index < -0.39 is 11.6 Å². The van der Waals surface area contributed by atoms with Gasteiger partial charge in [-0.15, -0.1) is 0 Å². The minimum Gasteiger partial charge on any atom is -0.307 e. The number of piperidine rings is 1. The molecule has 0 saturated carbocycles. The van der Waals surface area contributed by atoms with Gasteiger partial charge in [-0.2, -0.15) is 0 Å². The lowest BCUT2D eigenvalue weighted by molar-refractivity contribution is 0.340.